The Bertz CT molecular complexity index is 294. The minimum absolute atomic E-state index is 0.357. The molecule has 0 radical (unpaired) electrons. The zero-order chi connectivity index (χ0) is 12.0. The Morgan fingerprint density at radius 2 is 2.06 bits per heavy atom. The van der Waals surface area contributed by atoms with Crippen molar-refractivity contribution in [3.63, 3.8) is 0 Å². The van der Waals surface area contributed by atoms with Gasteiger partial charge in [-0.25, -0.2) is 0 Å². The number of aryl methyl sites for hydroxylation is 1. The quantitative estimate of drug-likeness (QED) is 0.795. The Kier molecular flexibility index (Phi) is 5.47. The van der Waals surface area contributed by atoms with Gasteiger partial charge in [0.05, 0.1) is 6.10 Å². The maximum atomic E-state index is 10.3. The summed E-state index contributed by atoms with van der Waals surface area (Å²) in [5, 5.41) is 10.3. The number of aromatic nitrogens is 1. The highest BCUT2D eigenvalue weighted by molar-refractivity contribution is 5.16. The van der Waals surface area contributed by atoms with Crippen molar-refractivity contribution < 1.29 is 5.11 Å². The number of nitrogens with zero attached hydrogens (tertiary/aromatic N) is 1. The van der Waals surface area contributed by atoms with E-state index >= 15 is 0 Å². The van der Waals surface area contributed by atoms with Crippen molar-refractivity contribution in [2.24, 2.45) is 5.92 Å². The summed E-state index contributed by atoms with van der Waals surface area (Å²) in [5.74, 6) is 0.365. The molecule has 1 aromatic rings. The van der Waals surface area contributed by atoms with Crippen molar-refractivity contribution >= 4 is 0 Å². The molecular formula is C14H23NO. The number of hydrogen-bond donors (Lipinski definition) is 1. The lowest BCUT2D eigenvalue weighted by atomic mass is 9.90. The van der Waals surface area contributed by atoms with E-state index in [-0.39, 0.29) is 6.10 Å². The average Bonchev–Trinajstić information content (AvgIpc) is 2.30. The monoisotopic (exact) mass is 221 g/mol. The lowest BCUT2D eigenvalue weighted by Crippen LogP contribution is -2.12. The molecule has 0 aliphatic carbocycles. The summed E-state index contributed by atoms with van der Waals surface area (Å²) in [4.78, 5) is 4.24. The molecule has 0 spiro atoms. The summed E-state index contributed by atoms with van der Waals surface area (Å²) < 4.78 is 0. The van der Waals surface area contributed by atoms with Gasteiger partial charge in [-0.1, -0.05) is 39.2 Å². The molecule has 2 heteroatoms. The number of rotatable bonds is 6. The van der Waals surface area contributed by atoms with Crippen molar-refractivity contribution in [1.29, 1.82) is 0 Å². The zero-order valence-electron chi connectivity index (χ0n) is 10.6. The van der Waals surface area contributed by atoms with Crippen LogP contribution in [0.15, 0.2) is 18.3 Å². The van der Waals surface area contributed by atoms with E-state index in [4.69, 9.17) is 0 Å². The van der Waals surface area contributed by atoms with Gasteiger partial charge in [-0.2, -0.15) is 0 Å². The fourth-order valence-corrected chi connectivity index (χ4v) is 1.98. The maximum Gasteiger partial charge on any atom is 0.0832 e. The molecule has 2 unspecified atom stereocenters. The molecule has 90 valence electrons. The summed E-state index contributed by atoms with van der Waals surface area (Å²) in [6.07, 6.45) is 5.94. The van der Waals surface area contributed by atoms with Gasteiger partial charge in [0, 0.05) is 11.9 Å². The number of aliphatic hydroxyl groups excluding tert-OH is 1. The molecule has 0 saturated carbocycles. The summed E-state index contributed by atoms with van der Waals surface area (Å²) >= 11 is 0. The van der Waals surface area contributed by atoms with Gasteiger partial charge in [0.1, 0.15) is 0 Å². The first-order chi connectivity index (χ1) is 7.69. The second-order valence-electron chi connectivity index (χ2n) is 4.49. The normalized spacial score (nSPS) is 14.8. The van der Waals surface area contributed by atoms with E-state index in [0.717, 1.165) is 24.1 Å². The van der Waals surface area contributed by atoms with Crippen LogP contribution in [0.3, 0.4) is 0 Å². The van der Waals surface area contributed by atoms with Crippen molar-refractivity contribution in [3.05, 3.63) is 29.6 Å². The van der Waals surface area contributed by atoms with Crippen LogP contribution in [0.4, 0.5) is 0 Å². The molecule has 1 aromatic heterocycles. The van der Waals surface area contributed by atoms with E-state index < -0.39 is 0 Å². The van der Waals surface area contributed by atoms with Gasteiger partial charge in [0.15, 0.2) is 0 Å². The van der Waals surface area contributed by atoms with Crippen LogP contribution >= 0.6 is 0 Å². The molecule has 0 aromatic carbocycles. The van der Waals surface area contributed by atoms with Crippen molar-refractivity contribution in [3.8, 4) is 0 Å². The molecule has 1 heterocycles. The molecule has 2 atom stereocenters. The summed E-state index contributed by atoms with van der Waals surface area (Å²) in [7, 11) is 0. The lowest BCUT2D eigenvalue weighted by Gasteiger charge is -2.21. The molecule has 1 rings (SSSR count). The lowest BCUT2D eigenvalue weighted by molar-refractivity contribution is 0.0986. The first-order valence-corrected chi connectivity index (χ1v) is 6.29. The minimum Gasteiger partial charge on any atom is -0.388 e. The SMILES string of the molecule is CCCCC(CC)C(O)c1ccc(C)nc1. The second-order valence-corrected chi connectivity index (χ2v) is 4.49. The van der Waals surface area contributed by atoms with Crippen LogP contribution in [-0.4, -0.2) is 10.1 Å². The van der Waals surface area contributed by atoms with E-state index in [1.807, 2.05) is 19.1 Å². The standard InChI is InChI=1S/C14H23NO/c1-4-6-7-12(5-2)14(16)13-9-8-11(3)15-10-13/h8-10,12,14,16H,4-7H2,1-3H3. The minimum atomic E-state index is -0.357. The summed E-state index contributed by atoms with van der Waals surface area (Å²) in [6, 6.07) is 3.95. The Hall–Kier alpha value is -0.890. The van der Waals surface area contributed by atoms with Crippen LogP contribution in [0.25, 0.3) is 0 Å². The molecular weight excluding hydrogens is 198 g/mol. The van der Waals surface area contributed by atoms with E-state index in [1.165, 1.54) is 12.8 Å². The molecule has 0 aliphatic rings. The zero-order valence-corrected chi connectivity index (χ0v) is 10.6. The van der Waals surface area contributed by atoms with Crippen LogP contribution in [0.2, 0.25) is 0 Å². The Balaban J connectivity index is 2.66. The van der Waals surface area contributed by atoms with E-state index in [2.05, 4.69) is 18.8 Å². The van der Waals surface area contributed by atoms with Crippen molar-refractivity contribution in [2.75, 3.05) is 0 Å². The predicted molar refractivity (Wildman–Crippen MR) is 67.2 cm³/mol. The molecule has 0 saturated heterocycles. The topological polar surface area (TPSA) is 33.1 Å². The van der Waals surface area contributed by atoms with Gasteiger partial charge in [0.2, 0.25) is 0 Å². The van der Waals surface area contributed by atoms with Gasteiger partial charge < -0.3 is 5.11 Å². The van der Waals surface area contributed by atoms with E-state index in [9.17, 15) is 5.11 Å². The molecule has 0 amide bonds. The van der Waals surface area contributed by atoms with Crippen molar-refractivity contribution in [1.82, 2.24) is 4.98 Å². The number of unbranched alkanes of at least 4 members (excludes halogenated alkanes) is 1. The van der Waals surface area contributed by atoms with Gasteiger partial charge in [0.25, 0.3) is 0 Å². The Morgan fingerprint density at radius 1 is 1.31 bits per heavy atom. The molecule has 0 bridgehead atoms. The van der Waals surface area contributed by atoms with Crippen LogP contribution in [0.1, 0.15) is 56.9 Å². The van der Waals surface area contributed by atoms with E-state index in [1.54, 1.807) is 6.20 Å². The fourth-order valence-electron chi connectivity index (χ4n) is 1.98. The number of aliphatic hydroxyl groups is 1. The van der Waals surface area contributed by atoms with Crippen LogP contribution in [-0.2, 0) is 0 Å². The van der Waals surface area contributed by atoms with Gasteiger partial charge >= 0.3 is 0 Å². The predicted octanol–water partition coefficient (Wildman–Crippen LogP) is 3.64. The number of pyridine rings is 1. The highest BCUT2D eigenvalue weighted by Gasteiger charge is 2.18. The Labute approximate surface area is 98.7 Å². The molecule has 0 aliphatic heterocycles. The first kappa shape index (κ1) is 13.2. The fraction of sp³-hybridized carbons (Fsp3) is 0.643. The van der Waals surface area contributed by atoms with Gasteiger partial charge in [-0.15, -0.1) is 0 Å². The highest BCUT2D eigenvalue weighted by atomic mass is 16.3. The second kappa shape index (κ2) is 6.64. The third kappa shape index (κ3) is 3.60. The molecule has 1 N–H and O–H groups in total. The van der Waals surface area contributed by atoms with Gasteiger partial charge in [-0.05, 0) is 30.9 Å². The van der Waals surface area contributed by atoms with Gasteiger partial charge in [-0.3, -0.25) is 4.98 Å². The van der Waals surface area contributed by atoms with E-state index in [0.29, 0.717) is 5.92 Å². The van der Waals surface area contributed by atoms with Crippen LogP contribution in [0.5, 0.6) is 0 Å². The third-order valence-electron chi connectivity index (χ3n) is 3.18. The number of hydrogen-bond acceptors (Lipinski definition) is 2. The summed E-state index contributed by atoms with van der Waals surface area (Å²) in [5.41, 5.74) is 1.95. The molecule has 2 nitrogen and oxygen atoms in total. The first-order valence-electron chi connectivity index (χ1n) is 6.29. The smallest absolute Gasteiger partial charge is 0.0832 e. The highest BCUT2D eigenvalue weighted by Crippen LogP contribution is 2.28. The van der Waals surface area contributed by atoms with Crippen LogP contribution < -0.4 is 0 Å². The summed E-state index contributed by atoms with van der Waals surface area (Å²) in [6.45, 7) is 6.29. The largest absolute Gasteiger partial charge is 0.388 e. The average molecular weight is 221 g/mol. The van der Waals surface area contributed by atoms with Crippen LogP contribution in [0, 0.1) is 12.8 Å². The van der Waals surface area contributed by atoms with Crippen molar-refractivity contribution in [2.45, 2.75) is 52.6 Å². The molecule has 16 heavy (non-hydrogen) atoms. The molecule has 0 fully saturated rings. The maximum absolute atomic E-state index is 10.3. The third-order valence-corrected chi connectivity index (χ3v) is 3.18. The Morgan fingerprint density at radius 3 is 2.56 bits per heavy atom.